The number of carbonyl (C=O) groups excluding carboxylic acids is 2. The maximum Gasteiger partial charge on any atom is 0.328 e. The summed E-state index contributed by atoms with van der Waals surface area (Å²) in [5.41, 5.74) is 2.31. The first-order valence-electron chi connectivity index (χ1n) is 7.47. The molecule has 2 rings (SSSR count). The second kappa shape index (κ2) is 6.81. The molecule has 1 unspecified atom stereocenters. The fourth-order valence-corrected chi connectivity index (χ4v) is 2.59. The van der Waals surface area contributed by atoms with E-state index in [0.717, 1.165) is 16.8 Å². The molecule has 0 spiro atoms. The maximum absolute atomic E-state index is 13.5. The van der Waals surface area contributed by atoms with Crippen molar-refractivity contribution in [2.45, 2.75) is 33.2 Å². The molecule has 6 heteroatoms. The Balaban J connectivity index is 2.21. The topological polar surface area (TPSA) is 71.2 Å². The molecule has 0 saturated carbocycles. The van der Waals surface area contributed by atoms with Gasteiger partial charge in [-0.1, -0.05) is 13.8 Å². The lowest BCUT2D eigenvalue weighted by molar-refractivity contribution is -0.146. The third kappa shape index (κ3) is 3.70. The first kappa shape index (κ1) is 17.0. The van der Waals surface area contributed by atoms with Crippen molar-refractivity contribution in [3.8, 4) is 0 Å². The van der Waals surface area contributed by atoms with E-state index in [1.165, 1.54) is 19.2 Å². The van der Waals surface area contributed by atoms with Crippen LogP contribution >= 0.6 is 0 Å². The van der Waals surface area contributed by atoms with Crippen LogP contribution in [0.4, 0.5) is 4.39 Å². The van der Waals surface area contributed by atoms with E-state index in [4.69, 9.17) is 4.74 Å². The van der Waals surface area contributed by atoms with Gasteiger partial charge < -0.3 is 15.0 Å². The molecule has 0 bridgehead atoms. The van der Waals surface area contributed by atoms with E-state index in [9.17, 15) is 14.0 Å². The molecule has 0 radical (unpaired) electrons. The number of rotatable bonds is 5. The number of esters is 1. The monoisotopic (exact) mass is 320 g/mol. The standard InChI is InChI=1S/C17H21FN2O3/c1-9(2)16(17(22)23-4)20-15(21)8-12-10(3)19-14-6-5-11(18)7-13(12)14/h5-7,9,16,19H,8H2,1-4H3,(H,20,21). The number of aromatic nitrogens is 1. The van der Waals surface area contributed by atoms with Crippen molar-refractivity contribution in [2.75, 3.05) is 7.11 Å². The van der Waals surface area contributed by atoms with Gasteiger partial charge in [0.1, 0.15) is 11.9 Å². The van der Waals surface area contributed by atoms with E-state index in [1.54, 1.807) is 6.07 Å². The van der Waals surface area contributed by atoms with Crippen LogP contribution in [0, 0.1) is 18.7 Å². The Bertz CT molecular complexity index is 737. The van der Waals surface area contributed by atoms with Crippen molar-refractivity contribution < 1.29 is 18.7 Å². The molecule has 1 atom stereocenters. The van der Waals surface area contributed by atoms with E-state index in [-0.39, 0.29) is 24.1 Å². The lowest BCUT2D eigenvalue weighted by atomic mass is 10.0. The van der Waals surface area contributed by atoms with Crippen molar-refractivity contribution >= 4 is 22.8 Å². The van der Waals surface area contributed by atoms with Crippen LogP contribution in [0.15, 0.2) is 18.2 Å². The molecule has 0 aliphatic heterocycles. The fraction of sp³-hybridized carbons (Fsp3) is 0.412. The molecule has 1 aromatic carbocycles. The summed E-state index contributed by atoms with van der Waals surface area (Å²) < 4.78 is 18.2. The molecule has 2 aromatic rings. The number of hydrogen-bond acceptors (Lipinski definition) is 3. The average Bonchev–Trinajstić information content (AvgIpc) is 2.79. The third-order valence-electron chi connectivity index (χ3n) is 3.86. The van der Waals surface area contributed by atoms with Crippen molar-refractivity contribution in [1.29, 1.82) is 0 Å². The Kier molecular flexibility index (Phi) is 5.03. The summed E-state index contributed by atoms with van der Waals surface area (Å²) in [4.78, 5) is 27.2. The predicted octanol–water partition coefficient (Wildman–Crippen LogP) is 2.47. The van der Waals surface area contributed by atoms with Gasteiger partial charge >= 0.3 is 5.97 Å². The van der Waals surface area contributed by atoms with E-state index in [0.29, 0.717) is 5.39 Å². The predicted molar refractivity (Wildman–Crippen MR) is 85.5 cm³/mol. The molecule has 0 aliphatic rings. The van der Waals surface area contributed by atoms with Gasteiger partial charge in [-0.15, -0.1) is 0 Å². The lowest BCUT2D eigenvalue weighted by Gasteiger charge is -2.19. The quantitative estimate of drug-likeness (QED) is 0.831. The number of carbonyl (C=O) groups is 2. The molecular formula is C17H21FN2O3. The van der Waals surface area contributed by atoms with Gasteiger partial charge in [0, 0.05) is 16.6 Å². The van der Waals surface area contributed by atoms with Crippen LogP contribution in [0.1, 0.15) is 25.1 Å². The molecule has 1 amide bonds. The fourth-order valence-electron chi connectivity index (χ4n) is 2.59. The van der Waals surface area contributed by atoms with E-state index >= 15 is 0 Å². The summed E-state index contributed by atoms with van der Waals surface area (Å²) in [5.74, 6) is -1.22. The minimum Gasteiger partial charge on any atom is -0.467 e. The molecule has 2 N–H and O–H groups in total. The highest BCUT2D eigenvalue weighted by molar-refractivity contribution is 5.91. The largest absolute Gasteiger partial charge is 0.467 e. The van der Waals surface area contributed by atoms with E-state index < -0.39 is 12.0 Å². The van der Waals surface area contributed by atoms with Gasteiger partial charge in [0.05, 0.1) is 13.5 Å². The number of H-pyrrole nitrogens is 1. The van der Waals surface area contributed by atoms with Gasteiger partial charge in [-0.2, -0.15) is 0 Å². The normalized spacial score (nSPS) is 12.4. The minimum absolute atomic E-state index is 0.0650. The van der Waals surface area contributed by atoms with Crippen LogP contribution in [0.3, 0.4) is 0 Å². The Morgan fingerprint density at radius 1 is 1.35 bits per heavy atom. The zero-order valence-corrected chi connectivity index (χ0v) is 13.7. The van der Waals surface area contributed by atoms with Gasteiger partial charge in [-0.05, 0) is 36.6 Å². The first-order chi connectivity index (χ1) is 10.8. The van der Waals surface area contributed by atoms with Crippen LogP contribution in [-0.2, 0) is 20.7 Å². The highest BCUT2D eigenvalue weighted by Gasteiger charge is 2.25. The Hall–Kier alpha value is -2.37. The second-order valence-corrected chi connectivity index (χ2v) is 5.91. The zero-order valence-electron chi connectivity index (χ0n) is 13.7. The van der Waals surface area contributed by atoms with Crippen LogP contribution in [0.25, 0.3) is 10.9 Å². The Morgan fingerprint density at radius 3 is 2.65 bits per heavy atom. The number of fused-ring (bicyclic) bond motifs is 1. The van der Waals surface area contributed by atoms with Crippen molar-refractivity contribution in [1.82, 2.24) is 10.3 Å². The van der Waals surface area contributed by atoms with Crippen LogP contribution in [-0.4, -0.2) is 30.0 Å². The second-order valence-electron chi connectivity index (χ2n) is 5.91. The Labute approximate surface area is 134 Å². The number of aryl methyl sites for hydroxylation is 1. The smallest absolute Gasteiger partial charge is 0.328 e. The van der Waals surface area contributed by atoms with Crippen molar-refractivity contribution in [2.24, 2.45) is 5.92 Å². The van der Waals surface area contributed by atoms with Gasteiger partial charge in [0.15, 0.2) is 0 Å². The molecule has 124 valence electrons. The summed E-state index contributed by atoms with van der Waals surface area (Å²) >= 11 is 0. The third-order valence-corrected chi connectivity index (χ3v) is 3.86. The molecule has 0 fully saturated rings. The number of benzene rings is 1. The van der Waals surface area contributed by atoms with Crippen LogP contribution in [0.5, 0.6) is 0 Å². The van der Waals surface area contributed by atoms with Crippen LogP contribution in [0.2, 0.25) is 0 Å². The van der Waals surface area contributed by atoms with E-state index in [2.05, 4.69) is 10.3 Å². The van der Waals surface area contributed by atoms with Crippen molar-refractivity contribution in [3.05, 3.63) is 35.3 Å². The maximum atomic E-state index is 13.5. The number of ether oxygens (including phenoxy) is 1. The summed E-state index contributed by atoms with van der Waals surface area (Å²) in [5, 5.41) is 3.37. The molecule has 1 aromatic heterocycles. The minimum atomic E-state index is -0.699. The molecule has 0 aliphatic carbocycles. The number of aromatic amines is 1. The number of amides is 1. The zero-order chi connectivity index (χ0) is 17.1. The van der Waals surface area contributed by atoms with Crippen LogP contribution < -0.4 is 5.32 Å². The summed E-state index contributed by atoms with van der Waals surface area (Å²) in [6.07, 6.45) is 0.0650. The average molecular weight is 320 g/mol. The number of hydrogen-bond donors (Lipinski definition) is 2. The molecule has 1 heterocycles. The molecule has 0 saturated heterocycles. The number of methoxy groups -OCH3 is 1. The summed E-state index contributed by atoms with van der Waals surface area (Å²) in [7, 11) is 1.29. The number of nitrogens with one attached hydrogen (secondary N) is 2. The van der Waals surface area contributed by atoms with Gasteiger partial charge in [-0.3, -0.25) is 4.79 Å². The molecular weight excluding hydrogens is 299 g/mol. The Morgan fingerprint density at radius 2 is 2.04 bits per heavy atom. The molecule has 23 heavy (non-hydrogen) atoms. The SMILES string of the molecule is COC(=O)C(NC(=O)Cc1c(C)[nH]c2ccc(F)cc12)C(C)C. The van der Waals surface area contributed by atoms with Crippen molar-refractivity contribution in [3.63, 3.8) is 0 Å². The van der Waals surface area contributed by atoms with E-state index in [1.807, 2.05) is 20.8 Å². The van der Waals surface area contributed by atoms with Gasteiger partial charge in [0.25, 0.3) is 0 Å². The lowest BCUT2D eigenvalue weighted by Crippen LogP contribution is -2.45. The highest BCUT2D eigenvalue weighted by atomic mass is 19.1. The van der Waals surface area contributed by atoms with Gasteiger partial charge in [0.2, 0.25) is 5.91 Å². The highest BCUT2D eigenvalue weighted by Crippen LogP contribution is 2.23. The molecule has 5 nitrogen and oxygen atoms in total. The number of halogens is 1. The summed E-state index contributed by atoms with van der Waals surface area (Å²) in [6, 6.07) is 3.72. The van der Waals surface area contributed by atoms with Gasteiger partial charge in [-0.25, -0.2) is 9.18 Å². The first-order valence-corrected chi connectivity index (χ1v) is 7.47. The summed E-state index contributed by atoms with van der Waals surface area (Å²) in [6.45, 7) is 5.49.